The largest absolute Gasteiger partial charge is 0.349 e. The lowest BCUT2D eigenvalue weighted by molar-refractivity contribution is 0.0605. The van der Waals surface area contributed by atoms with E-state index in [2.05, 4.69) is 0 Å². The minimum atomic E-state index is 0.0683. The molecule has 1 fully saturated rings. The summed E-state index contributed by atoms with van der Waals surface area (Å²) in [5.74, 6) is 0.555. The van der Waals surface area contributed by atoms with Gasteiger partial charge in [-0.05, 0) is 0 Å². The topological polar surface area (TPSA) is 21.8 Å². The van der Waals surface area contributed by atoms with E-state index in [-0.39, 0.29) is 6.29 Å². The van der Waals surface area contributed by atoms with E-state index in [4.69, 9.17) is 21.1 Å². The molecule has 1 saturated heterocycles. The van der Waals surface area contributed by atoms with E-state index in [1.54, 1.807) is 0 Å². The number of halogens is 1. The molecule has 1 unspecified atom stereocenters. The van der Waals surface area contributed by atoms with E-state index in [0.717, 1.165) is 6.61 Å². The summed E-state index contributed by atoms with van der Waals surface area (Å²) < 4.78 is 9.68. The van der Waals surface area contributed by atoms with Crippen LogP contribution in [-0.2, 0) is 9.47 Å². The molecular weight excluding hydrogens is 115 g/mol. The predicted molar refractivity (Wildman–Crippen MR) is 26.4 cm³/mol. The van der Waals surface area contributed by atoms with E-state index in [1.165, 1.54) is 0 Å². The molecule has 1 heterocycles. The smallest absolute Gasteiger partial charge is 0.181 e. The summed E-state index contributed by atoms with van der Waals surface area (Å²) in [6, 6.07) is 0. The van der Waals surface area contributed by atoms with Gasteiger partial charge >= 0.3 is 0 Å². The van der Waals surface area contributed by atoms with Gasteiger partial charge in [0.2, 0.25) is 0 Å². The van der Waals surface area contributed by atoms with Gasteiger partial charge in [0.15, 0.2) is 6.29 Å². The van der Waals surface area contributed by atoms with Crippen LogP contribution in [0.1, 0.15) is 0 Å². The van der Waals surface area contributed by atoms with Crippen molar-refractivity contribution in [3.63, 3.8) is 0 Å². The number of alkyl halides is 1. The Morgan fingerprint density at radius 3 is 3.00 bits per heavy atom. The fourth-order valence-electron chi connectivity index (χ4n) is 0.311. The maximum atomic E-state index is 5.29. The fraction of sp³-hybridized carbons (Fsp3) is 1.00. The van der Waals surface area contributed by atoms with Crippen molar-refractivity contribution in [2.45, 2.75) is 6.29 Å². The van der Waals surface area contributed by atoms with Crippen LogP contribution < -0.4 is 0 Å². The Bertz CT molecular complexity index is 53.7. The lowest BCUT2D eigenvalue weighted by Gasteiger charge is -1.90. The van der Waals surface area contributed by atoms with Gasteiger partial charge in [-0.1, -0.05) is 0 Å². The lowest BCUT2D eigenvalue weighted by Crippen LogP contribution is -1.97. The standard InChI is InChI=1S/C4H7ClO2/c5-1-2-6-4-3-7-4/h4H,1-3H2. The first-order valence-corrected chi connectivity index (χ1v) is 2.76. The van der Waals surface area contributed by atoms with Crippen molar-refractivity contribution < 1.29 is 9.47 Å². The Kier molecular flexibility index (Phi) is 1.91. The highest BCUT2D eigenvalue weighted by molar-refractivity contribution is 6.17. The third-order valence-electron chi connectivity index (χ3n) is 0.684. The van der Waals surface area contributed by atoms with Crippen molar-refractivity contribution in [3.05, 3.63) is 0 Å². The maximum absolute atomic E-state index is 5.29. The van der Waals surface area contributed by atoms with Gasteiger partial charge in [-0.15, -0.1) is 11.6 Å². The number of epoxide rings is 1. The summed E-state index contributed by atoms with van der Waals surface area (Å²) in [4.78, 5) is 0. The number of ether oxygens (including phenoxy) is 2. The minimum Gasteiger partial charge on any atom is -0.349 e. The molecule has 0 aromatic heterocycles. The summed E-state index contributed by atoms with van der Waals surface area (Å²) in [5.41, 5.74) is 0. The molecule has 0 saturated carbocycles. The molecule has 0 aromatic carbocycles. The van der Waals surface area contributed by atoms with Gasteiger partial charge < -0.3 is 9.47 Å². The van der Waals surface area contributed by atoms with Crippen LogP contribution in [0.25, 0.3) is 0 Å². The van der Waals surface area contributed by atoms with Crippen LogP contribution in [0.3, 0.4) is 0 Å². The predicted octanol–water partition coefficient (Wildman–Crippen LogP) is 0.598. The van der Waals surface area contributed by atoms with Gasteiger partial charge in [-0.3, -0.25) is 0 Å². The van der Waals surface area contributed by atoms with Crippen molar-refractivity contribution in [2.24, 2.45) is 0 Å². The Morgan fingerprint density at radius 2 is 2.57 bits per heavy atom. The normalized spacial score (nSPS) is 27.9. The summed E-state index contributed by atoms with van der Waals surface area (Å²) in [6.07, 6.45) is 0.0683. The molecule has 0 bridgehead atoms. The second kappa shape index (κ2) is 2.50. The molecule has 3 heteroatoms. The average molecular weight is 123 g/mol. The second-order valence-electron chi connectivity index (χ2n) is 1.32. The van der Waals surface area contributed by atoms with E-state index in [9.17, 15) is 0 Å². The molecule has 0 aromatic rings. The molecule has 1 atom stereocenters. The fourth-order valence-corrected chi connectivity index (χ4v) is 0.401. The molecule has 0 amide bonds. The van der Waals surface area contributed by atoms with Crippen LogP contribution in [0.4, 0.5) is 0 Å². The Balaban J connectivity index is 1.80. The molecule has 42 valence electrons. The van der Waals surface area contributed by atoms with Crippen molar-refractivity contribution in [1.29, 1.82) is 0 Å². The van der Waals surface area contributed by atoms with E-state index in [1.807, 2.05) is 0 Å². The lowest BCUT2D eigenvalue weighted by atomic mass is 10.8. The van der Waals surface area contributed by atoms with Gasteiger partial charge in [0.25, 0.3) is 0 Å². The van der Waals surface area contributed by atoms with Gasteiger partial charge in [-0.2, -0.15) is 0 Å². The molecule has 2 nitrogen and oxygen atoms in total. The molecule has 0 spiro atoms. The zero-order valence-electron chi connectivity index (χ0n) is 3.89. The highest BCUT2D eigenvalue weighted by Gasteiger charge is 2.22. The number of rotatable bonds is 3. The zero-order valence-corrected chi connectivity index (χ0v) is 4.65. The first-order chi connectivity index (χ1) is 3.43. The zero-order chi connectivity index (χ0) is 5.11. The third kappa shape index (κ3) is 2.12. The molecule has 0 N–H and O–H groups in total. The minimum absolute atomic E-state index is 0.0683. The molecule has 1 aliphatic heterocycles. The molecule has 0 aliphatic carbocycles. The van der Waals surface area contributed by atoms with E-state index < -0.39 is 0 Å². The molecule has 0 radical (unpaired) electrons. The summed E-state index contributed by atoms with van der Waals surface area (Å²) in [5, 5.41) is 0. The average Bonchev–Trinajstić information content (AvgIpc) is 2.42. The van der Waals surface area contributed by atoms with Crippen molar-refractivity contribution >= 4 is 11.6 Å². The maximum Gasteiger partial charge on any atom is 0.181 e. The van der Waals surface area contributed by atoms with Crippen LogP contribution >= 0.6 is 11.6 Å². The summed E-state index contributed by atoms with van der Waals surface area (Å²) in [6.45, 7) is 1.35. The van der Waals surface area contributed by atoms with Crippen LogP contribution in [0.2, 0.25) is 0 Å². The van der Waals surface area contributed by atoms with Crippen molar-refractivity contribution in [1.82, 2.24) is 0 Å². The molecule has 7 heavy (non-hydrogen) atoms. The molecule has 1 aliphatic rings. The van der Waals surface area contributed by atoms with Gasteiger partial charge in [0, 0.05) is 5.88 Å². The summed E-state index contributed by atoms with van der Waals surface area (Å²) in [7, 11) is 0. The van der Waals surface area contributed by atoms with Crippen molar-refractivity contribution in [2.75, 3.05) is 19.1 Å². The quantitative estimate of drug-likeness (QED) is 0.404. The highest BCUT2D eigenvalue weighted by Crippen LogP contribution is 2.09. The highest BCUT2D eigenvalue weighted by atomic mass is 35.5. The first-order valence-electron chi connectivity index (χ1n) is 2.22. The van der Waals surface area contributed by atoms with Gasteiger partial charge in [0.1, 0.15) is 6.61 Å². The first kappa shape index (κ1) is 5.35. The van der Waals surface area contributed by atoms with Crippen LogP contribution in [0.5, 0.6) is 0 Å². The number of hydrogen-bond donors (Lipinski definition) is 0. The Labute approximate surface area is 47.4 Å². The second-order valence-corrected chi connectivity index (χ2v) is 1.70. The third-order valence-corrected chi connectivity index (χ3v) is 0.838. The van der Waals surface area contributed by atoms with Gasteiger partial charge in [-0.25, -0.2) is 0 Å². The Morgan fingerprint density at radius 1 is 1.86 bits per heavy atom. The molecular formula is C4H7ClO2. The van der Waals surface area contributed by atoms with Crippen LogP contribution in [0, 0.1) is 0 Å². The van der Waals surface area contributed by atoms with E-state index >= 15 is 0 Å². The SMILES string of the molecule is ClCCOC1CO1. The van der Waals surface area contributed by atoms with Crippen LogP contribution in [0.15, 0.2) is 0 Å². The van der Waals surface area contributed by atoms with E-state index in [0.29, 0.717) is 12.5 Å². The van der Waals surface area contributed by atoms with Crippen molar-refractivity contribution in [3.8, 4) is 0 Å². The number of hydrogen-bond acceptors (Lipinski definition) is 2. The summed E-state index contributed by atoms with van der Waals surface area (Å²) >= 11 is 5.29. The molecule has 1 rings (SSSR count). The van der Waals surface area contributed by atoms with Crippen LogP contribution in [-0.4, -0.2) is 25.4 Å². The monoisotopic (exact) mass is 122 g/mol. The Hall–Kier alpha value is 0.210. The van der Waals surface area contributed by atoms with Gasteiger partial charge in [0.05, 0.1) is 6.61 Å².